The summed E-state index contributed by atoms with van der Waals surface area (Å²) < 4.78 is 28.7. The van der Waals surface area contributed by atoms with E-state index < -0.39 is 21.2 Å². The summed E-state index contributed by atoms with van der Waals surface area (Å²) >= 11 is 0. The lowest BCUT2D eigenvalue weighted by molar-refractivity contribution is 0.139. The largest absolute Gasteiger partial charge is 0.445 e. The average Bonchev–Trinajstić information content (AvgIpc) is 3.10. The van der Waals surface area contributed by atoms with Crippen LogP contribution in [-0.4, -0.2) is 32.1 Å². The highest BCUT2D eigenvalue weighted by molar-refractivity contribution is 7.92. The van der Waals surface area contributed by atoms with Gasteiger partial charge in [-0.25, -0.2) is 13.2 Å². The molecule has 3 rings (SSSR count). The maximum absolute atomic E-state index is 11.8. The van der Waals surface area contributed by atoms with Crippen molar-refractivity contribution < 1.29 is 17.9 Å². The van der Waals surface area contributed by atoms with Gasteiger partial charge in [0.1, 0.15) is 6.61 Å². The Morgan fingerprint density at radius 1 is 1.30 bits per heavy atom. The van der Waals surface area contributed by atoms with Crippen LogP contribution in [0.5, 0.6) is 0 Å². The molecule has 1 aromatic rings. The van der Waals surface area contributed by atoms with Crippen LogP contribution in [0.15, 0.2) is 30.3 Å². The molecule has 1 aromatic carbocycles. The summed E-state index contributed by atoms with van der Waals surface area (Å²) in [4.78, 5) is 11.6. The van der Waals surface area contributed by atoms with Crippen LogP contribution in [0.25, 0.3) is 0 Å². The van der Waals surface area contributed by atoms with Gasteiger partial charge < -0.3 is 10.1 Å². The van der Waals surface area contributed by atoms with Gasteiger partial charge in [0.15, 0.2) is 9.84 Å². The van der Waals surface area contributed by atoms with E-state index >= 15 is 0 Å². The van der Waals surface area contributed by atoms with Crippen molar-refractivity contribution in [2.75, 3.05) is 12.3 Å². The lowest BCUT2D eigenvalue weighted by Crippen LogP contribution is -2.36. The van der Waals surface area contributed by atoms with Gasteiger partial charge in [-0.15, -0.1) is 0 Å². The molecule has 0 aromatic heterocycles. The second kappa shape index (κ2) is 5.09. The quantitative estimate of drug-likeness (QED) is 0.910. The molecule has 1 saturated carbocycles. The fourth-order valence-electron chi connectivity index (χ4n) is 2.84. The molecule has 1 N–H and O–H groups in total. The van der Waals surface area contributed by atoms with Crippen molar-refractivity contribution in [1.82, 2.24) is 5.32 Å². The molecule has 20 heavy (non-hydrogen) atoms. The third kappa shape index (κ3) is 2.80. The first-order valence-corrected chi connectivity index (χ1v) is 8.44. The van der Waals surface area contributed by atoms with Gasteiger partial charge in [0, 0.05) is 6.54 Å². The summed E-state index contributed by atoms with van der Waals surface area (Å²) in [6.45, 7) is 0.354. The third-order valence-corrected chi connectivity index (χ3v) is 6.35. The highest BCUT2D eigenvalue weighted by Crippen LogP contribution is 2.50. The second-order valence-electron chi connectivity index (χ2n) is 5.47. The van der Waals surface area contributed by atoms with Crippen LogP contribution < -0.4 is 5.32 Å². The molecule has 6 heteroatoms. The SMILES string of the molecule is O=C(NC[C@@H]1[C@@H]2CC2CS1(=O)=O)OCc1ccccc1. The third-order valence-electron chi connectivity index (χ3n) is 4.02. The van der Waals surface area contributed by atoms with Gasteiger partial charge in [0.25, 0.3) is 0 Å². The summed E-state index contributed by atoms with van der Waals surface area (Å²) in [6, 6.07) is 9.36. The van der Waals surface area contributed by atoms with Gasteiger partial charge in [-0.2, -0.15) is 0 Å². The van der Waals surface area contributed by atoms with Crippen molar-refractivity contribution in [2.24, 2.45) is 11.8 Å². The van der Waals surface area contributed by atoms with Gasteiger partial charge in [0.05, 0.1) is 11.0 Å². The molecule has 1 saturated heterocycles. The highest BCUT2D eigenvalue weighted by atomic mass is 32.2. The Bertz CT molecular complexity index is 599. The molecule has 1 aliphatic carbocycles. The van der Waals surface area contributed by atoms with Crippen molar-refractivity contribution in [1.29, 1.82) is 0 Å². The smallest absolute Gasteiger partial charge is 0.407 e. The Kier molecular flexibility index (Phi) is 3.41. The van der Waals surface area contributed by atoms with Gasteiger partial charge in [0.2, 0.25) is 0 Å². The predicted molar refractivity (Wildman–Crippen MR) is 73.8 cm³/mol. The summed E-state index contributed by atoms with van der Waals surface area (Å²) in [5, 5.41) is 2.15. The number of carbonyl (C=O) groups excluding carboxylic acids is 1. The standard InChI is InChI=1S/C14H17NO4S/c16-14(19-8-10-4-2-1-3-5-10)15-7-13-12-6-11(12)9-20(13,17)18/h1-5,11-13H,6-9H2,(H,15,16)/t11?,12-,13-/m1/s1. The number of hydrogen-bond donors (Lipinski definition) is 1. The van der Waals surface area contributed by atoms with Crippen LogP contribution in [0.2, 0.25) is 0 Å². The Morgan fingerprint density at radius 2 is 2.05 bits per heavy atom. The number of rotatable bonds is 4. The molecular formula is C14H17NO4S. The lowest BCUT2D eigenvalue weighted by atomic mass is 10.2. The number of ether oxygens (including phenoxy) is 1. The molecule has 0 bridgehead atoms. The Balaban J connectivity index is 1.46. The van der Waals surface area contributed by atoms with Crippen molar-refractivity contribution in [3.8, 4) is 0 Å². The molecule has 1 amide bonds. The first-order valence-electron chi connectivity index (χ1n) is 6.72. The minimum atomic E-state index is -3.02. The van der Waals surface area contributed by atoms with Crippen molar-refractivity contribution in [3.63, 3.8) is 0 Å². The molecule has 0 radical (unpaired) electrons. The van der Waals surface area contributed by atoms with Crippen molar-refractivity contribution in [3.05, 3.63) is 35.9 Å². The maximum Gasteiger partial charge on any atom is 0.407 e. The number of sulfone groups is 1. The second-order valence-corrected chi connectivity index (χ2v) is 7.73. The zero-order valence-corrected chi connectivity index (χ0v) is 11.8. The molecular weight excluding hydrogens is 278 g/mol. The van der Waals surface area contributed by atoms with Crippen molar-refractivity contribution in [2.45, 2.75) is 18.3 Å². The number of hydrogen-bond acceptors (Lipinski definition) is 4. The van der Waals surface area contributed by atoms with E-state index in [-0.39, 0.29) is 24.8 Å². The molecule has 5 nitrogen and oxygen atoms in total. The van der Waals surface area contributed by atoms with Gasteiger partial charge in [-0.05, 0) is 23.8 Å². The molecule has 1 unspecified atom stereocenters. The van der Waals surface area contributed by atoms with E-state index in [1.165, 1.54) is 0 Å². The van der Waals surface area contributed by atoms with Gasteiger partial charge in [-0.1, -0.05) is 30.3 Å². The minimum absolute atomic E-state index is 0.164. The van der Waals surface area contributed by atoms with Crippen LogP contribution in [-0.2, 0) is 21.2 Å². The van der Waals surface area contributed by atoms with Crippen LogP contribution in [0.1, 0.15) is 12.0 Å². The fraction of sp³-hybridized carbons (Fsp3) is 0.500. The number of alkyl carbamates (subject to hydrolysis) is 1. The number of amides is 1. The molecule has 2 aliphatic rings. The molecule has 0 spiro atoms. The Labute approximate surface area is 118 Å². The lowest BCUT2D eigenvalue weighted by Gasteiger charge is -2.13. The summed E-state index contributed by atoms with van der Waals surface area (Å²) in [7, 11) is -3.02. The Hall–Kier alpha value is -1.56. The summed E-state index contributed by atoms with van der Waals surface area (Å²) in [5.74, 6) is 0.852. The van der Waals surface area contributed by atoms with Crippen LogP contribution >= 0.6 is 0 Å². The monoisotopic (exact) mass is 295 g/mol. The topological polar surface area (TPSA) is 72.5 Å². The number of carbonyl (C=O) groups is 1. The number of fused-ring (bicyclic) bond motifs is 1. The zero-order valence-electron chi connectivity index (χ0n) is 11.0. The molecule has 1 aliphatic heterocycles. The average molecular weight is 295 g/mol. The van der Waals surface area contributed by atoms with Gasteiger partial charge in [-0.3, -0.25) is 0 Å². The van der Waals surface area contributed by atoms with E-state index in [0.717, 1.165) is 12.0 Å². The zero-order chi connectivity index (χ0) is 14.2. The molecule has 3 atom stereocenters. The van der Waals surface area contributed by atoms with E-state index in [4.69, 9.17) is 4.74 Å². The summed E-state index contributed by atoms with van der Waals surface area (Å²) in [6.07, 6.45) is 0.415. The van der Waals surface area contributed by atoms with Gasteiger partial charge >= 0.3 is 6.09 Å². The first-order chi connectivity index (χ1) is 9.56. The number of benzene rings is 1. The number of nitrogens with one attached hydrogen (secondary N) is 1. The van der Waals surface area contributed by atoms with Crippen molar-refractivity contribution >= 4 is 15.9 Å². The predicted octanol–water partition coefficient (Wildman–Crippen LogP) is 1.35. The highest BCUT2D eigenvalue weighted by Gasteiger charge is 2.56. The molecule has 108 valence electrons. The van der Waals surface area contributed by atoms with E-state index in [0.29, 0.717) is 5.92 Å². The summed E-state index contributed by atoms with van der Waals surface area (Å²) in [5.41, 5.74) is 0.901. The van der Waals surface area contributed by atoms with E-state index in [2.05, 4.69) is 5.32 Å². The maximum atomic E-state index is 11.8. The van der Waals surface area contributed by atoms with Crippen LogP contribution in [0, 0.1) is 11.8 Å². The fourth-order valence-corrected chi connectivity index (χ4v) is 5.27. The first kappa shape index (κ1) is 13.4. The molecule has 1 heterocycles. The van der Waals surface area contributed by atoms with E-state index in [1.807, 2.05) is 30.3 Å². The Morgan fingerprint density at radius 3 is 2.70 bits per heavy atom. The normalized spacial score (nSPS) is 29.5. The molecule has 2 fully saturated rings. The van der Waals surface area contributed by atoms with Crippen LogP contribution in [0.3, 0.4) is 0 Å². The minimum Gasteiger partial charge on any atom is -0.445 e. The van der Waals surface area contributed by atoms with E-state index in [9.17, 15) is 13.2 Å². The van der Waals surface area contributed by atoms with Crippen LogP contribution in [0.4, 0.5) is 4.79 Å². The van der Waals surface area contributed by atoms with E-state index in [1.54, 1.807) is 0 Å².